The van der Waals surface area contributed by atoms with Crippen LogP contribution in [0.3, 0.4) is 0 Å². The lowest BCUT2D eigenvalue weighted by atomic mass is 10.00. The highest BCUT2D eigenvalue weighted by atomic mass is 16.5. The number of ether oxygens (including phenoxy) is 2. The number of hydrogen-bond acceptors (Lipinski definition) is 4. The molecular weight excluding hydrogens is 222 g/mol. The number of benzene rings is 1. The van der Waals surface area contributed by atoms with Crippen molar-refractivity contribution in [2.45, 2.75) is 12.5 Å². The predicted octanol–water partition coefficient (Wildman–Crippen LogP) is 0.409. The van der Waals surface area contributed by atoms with Crippen molar-refractivity contribution in [2.75, 3.05) is 20.8 Å². The Bertz CT molecular complexity index is 444. The molecule has 1 aromatic rings. The summed E-state index contributed by atoms with van der Waals surface area (Å²) in [6, 6.07) is 3.46. The number of amides is 1. The van der Waals surface area contributed by atoms with Gasteiger partial charge in [0.15, 0.2) is 17.6 Å². The van der Waals surface area contributed by atoms with Crippen LogP contribution in [0, 0.1) is 0 Å². The number of nitrogens with one attached hydrogen (secondary N) is 1. The Kier molecular flexibility index (Phi) is 3.19. The van der Waals surface area contributed by atoms with E-state index in [9.17, 15) is 9.90 Å². The molecule has 5 nitrogen and oxygen atoms in total. The average molecular weight is 237 g/mol. The lowest BCUT2D eigenvalue weighted by molar-refractivity contribution is -0.129. The van der Waals surface area contributed by atoms with Gasteiger partial charge in [0, 0.05) is 6.54 Å². The van der Waals surface area contributed by atoms with Crippen LogP contribution >= 0.6 is 0 Å². The maximum atomic E-state index is 11.5. The van der Waals surface area contributed by atoms with Crippen LogP contribution in [-0.4, -0.2) is 31.8 Å². The molecule has 1 aliphatic heterocycles. The number of fused-ring (bicyclic) bond motifs is 1. The van der Waals surface area contributed by atoms with E-state index in [1.165, 1.54) is 7.11 Å². The molecule has 0 aromatic heterocycles. The Balaban J connectivity index is 2.52. The first-order chi connectivity index (χ1) is 8.17. The van der Waals surface area contributed by atoms with E-state index >= 15 is 0 Å². The van der Waals surface area contributed by atoms with E-state index in [4.69, 9.17) is 9.47 Å². The lowest BCUT2D eigenvalue weighted by Gasteiger charge is -2.14. The maximum Gasteiger partial charge on any atom is 0.253 e. The topological polar surface area (TPSA) is 67.8 Å². The minimum Gasteiger partial charge on any atom is -0.493 e. The first kappa shape index (κ1) is 11.7. The number of carbonyl (C=O) groups excluding carboxylic acids is 1. The van der Waals surface area contributed by atoms with Crippen LogP contribution in [-0.2, 0) is 11.2 Å². The third kappa shape index (κ3) is 2.06. The van der Waals surface area contributed by atoms with Crippen LogP contribution in [0.1, 0.15) is 17.2 Å². The second-order valence-corrected chi connectivity index (χ2v) is 3.85. The monoisotopic (exact) mass is 237 g/mol. The van der Waals surface area contributed by atoms with Crippen LogP contribution in [0.25, 0.3) is 0 Å². The van der Waals surface area contributed by atoms with E-state index in [2.05, 4.69) is 5.32 Å². The van der Waals surface area contributed by atoms with Crippen LogP contribution in [0.15, 0.2) is 12.1 Å². The molecular formula is C12H15NO4. The molecule has 0 fully saturated rings. The van der Waals surface area contributed by atoms with Crippen molar-refractivity contribution in [1.82, 2.24) is 5.32 Å². The van der Waals surface area contributed by atoms with Crippen molar-refractivity contribution in [1.29, 1.82) is 0 Å². The van der Waals surface area contributed by atoms with Crippen molar-refractivity contribution >= 4 is 5.91 Å². The summed E-state index contributed by atoms with van der Waals surface area (Å²) in [4.78, 5) is 11.5. The van der Waals surface area contributed by atoms with Crippen molar-refractivity contribution in [3.8, 4) is 11.5 Å². The lowest BCUT2D eigenvalue weighted by Crippen LogP contribution is -2.27. The van der Waals surface area contributed by atoms with Gasteiger partial charge in [0.05, 0.1) is 14.2 Å². The van der Waals surface area contributed by atoms with Gasteiger partial charge in [-0.3, -0.25) is 4.79 Å². The molecule has 5 heteroatoms. The number of methoxy groups -OCH3 is 2. The van der Waals surface area contributed by atoms with E-state index in [-0.39, 0.29) is 5.91 Å². The Labute approximate surface area is 99.3 Å². The molecule has 0 saturated heterocycles. The summed E-state index contributed by atoms with van der Waals surface area (Å²) in [5, 5.41) is 12.5. The van der Waals surface area contributed by atoms with E-state index in [0.717, 1.165) is 5.56 Å². The summed E-state index contributed by atoms with van der Waals surface area (Å²) in [5.74, 6) is 0.740. The molecule has 2 rings (SSSR count). The van der Waals surface area contributed by atoms with Gasteiger partial charge in [0.25, 0.3) is 5.91 Å². The maximum absolute atomic E-state index is 11.5. The molecule has 0 spiro atoms. The number of aliphatic hydroxyl groups excluding tert-OH is 1. The SMILES string of the molecule is COc1cc2c(cc1OC)C(O)C(=O)NCC2. The molecule has 1 atom stereocenters. The Morgan fingerprint density at radius 1 is 1.29 bits per heavy atom. The predicted molar refractivity (Wildman–Crippen MR) is 61.2 cm³/mol. The van der Waals surface area contributed by atoms with E-state index in [1.807, 2.05) is 0 Å². The van der Waals surface area contributed by atoms with E-state index in [0.29, 0.717) is 30.0 Å². The molecule has 1 heterocycles. The zero-order chi connectivity index (χ0) is 12.4. The molecule has 0 aliphatic carbocycles. The smallest absolute Gasteiger partial charge is 0.253 e. The molecule has 0 saturated carbocycles. The minimum absolute atomic E-state index is 0.379. The van der Waals surface area contributed by atoms with Crippen LogP contribution < -0.4 is 14.8 Å². The Morgan fingerprint density at radius 3 is 2.59 bits per heavy atom. The standard InChI is InChI=1S/C12H15NO4/c1-16-9-5-7-3-4-13-12(15)11(14)8(7)6-10(9)17-2/h5-6,11,14H,3-4H2,1-2H3,(H,13,15). The largest absolute Gasteiger partial charge is 0.493 e. The van der Waals surface area contributed by atoms with Gasteiger partial charge in [-0.2, -0.15) is 0 Å². The normalized spacial score (nSPS) is 19.0. The van der Waals surface area contributed by atoms with Gasteiger partial charge in [0.2, 0.25) is 0 Å². The van der Waals surface area contributed by atoms with Crippen LogP contribution in [0.2, 0.25) is 0 Å². The summed E-state index contributed by atoms with van der Waals surface area (Å²) in [6.45, 7) is 0.512. The number of rotatable bonds is 2. The molecule has 17 heavy (non-hydrogen) atoms. The molecule has 92 valence electrons. The van der Waals surface area contributed by atoms with Gasteiger partial charge in [-0.15, -0.1) is 0 Å². The summed E-state index contributed by atoms with van der Waals surface area (Å²) in [6.07, 6.45) is -0.481. The van der Waals surface area contributed by atoms with Gasteiger partial charge in [-0.25, -0.2) is 0 Å². The number of carbonyl (C=O) groups is 1. The average Bonchev–Trinajstić information content (AvgIpc) is 2.48. The fraction of sp³-hybridized carbons (Fsp3) is 0.417. The molecule has 0 bridgehead atoms. The van der Waals surface area contributed by atoms with Crippen LogP contribution in [0.5, 0.6) is 11.5 Å². The van der Waals surface area contributed by atoms with Gasteiger partial charge in [-0.05, 0) is 29.7 Å². The molecule has 1 aromatic carbocycles. The van der Waals surface area contributed by atoms with Gasteiger partial charge >= 0.3 is 0 Å². The minimum atomic E-state index is -1.15. The Morgan fingerprint density at radius 2 is 1.94 bits per heavy atom. The first-order valence-corrected chi connectivity index (χ1v) is 5.38. The van der Waals surface area contributed by atoms with Crippen molar-refractivity contribution in [2.24, 2.45) is 0 Å². The van der Waals surface area contributed by atoms with Crippen molar-refractivity contribution in [3.63, 3.8) is 0 Å². The fourth-order valence-corrected chi connectivity index (χ4v) is 1.97. The van der Waals surface area contributed by atoms with E-state index in [1.54, 1.807) is 19.2 Å². The second-order valence-electron chi connectivity index (χ2n) is 3.85. The number of hydrogen-bond donors (Lipinski definition) is 2. The second kappa shape index (κ2) is 4.63. The highest BCUT2D eigenvalue weighted by Crippen LogP contribution is 2.34. The zero-order valence-electron chi connectivity index (χ0n) is 9.82. The van der Waals surface area contributed by atoms with Gasteiger partial charge < -0.3 is 19.9 Å². The van der Waals surface area contributed by atoms with Gasteiger partial charge in [0.1, 0.15) is 0 Å². The highest BCUT2D eigenvalue weighted by Gasteiger charge is 2.25. The zero-order valence-corrected chi connectivity index (χ0v) is 9.82. The van der Waals surface area contributed by atoms with Gasteiger partial charge in [-0.1, -0.05) is 0 Å². The third-order valence-electron chi connectivity index (χ3n) is 2.88. The molecule has 0 radical (unpaired) electrons. The van der Waals surface area contributed by atoms with Crippen LogP contribution in [0.4, 0.5) is 0 Å². The summed E-state index contributed by atoms with van der Waals surface area (Å²) < 4.78 is 10.4. The summed E-state index contributed by atoms with van der Waals surface area (Å²) in [7, 11) is 3.08. The highest BCUT2D eigenvalue weighted by molar-refractivity contribution is 5.83. The van der Waals surface area contributed by atoms with E-state index < -0.39 is 6.10 Å². The summed E-state index contributed by atoms with van der Waals surface area (Å²) >= 11 is 0. The molecule has 2 N–H and O–H groups in total. The third-order valence-corrected chi connectivity index (χ3v) is 2.88. The molecule has 1 unspecified atom stereocenters. The van der Waals surface area contributed by atoms with Crippen molar-refractivity contribution < 1.29 is 19.4 Å². The molecule has 1 aliphatic rings. The summed E-state index contributed by atoms with van der Waals surface area (Å²) in [5.41, 5.74) is 1.48. The molecule has 1 amide bonds. The first-order valence-electron chi connectivity index (χ1n) is 5.38. The van der Waals surface area contributed by atoms with Crippen molar-refractivity contribution in [3.05, 3.63) is 23.3 Å². The quantitative estimate of drug-likeness (QED) is 0.781. The Hall–Kier alpha value is -1.75. The fourth-order valence-electron chi connectivity index (χ4n) is 1.97. The number of aliphatic hydroxyl groups is 1.